The standard InChI is InChI=1S/C7H7BrCl3N3/c1-2-3-4(8)5(12)14-6(13-3)7(9,10)11/h2H2,1H3,(H2,12,13,14). The maximum atomic E-state index is 5.65. The molecule has 7 heteroatoms. The lowest BCUT2D eigenvalue weighted by molar-refractivity contribution is 0.900. The number of halogens is 4. The van der Waals surface area contributed by atoms with Crippen LogP contribution < -0.4 is 5.73 Å². The van der Waals surface area contributed by atoms with Gasteiger partial charge in [-0.05, 0) is 22.4 Å². The smallest absolute Gasteiger partial charge is 0.250 e. The Kier molecular flexibility index (Phi) is 3.86. The largest absolute Gasteiger partial charge is 0.383 e. The molecule has 0 aromatic carbocycles. The van der Waals surface area contributed by atoms with E-state index in [-0.39, 0.29) is 11.6 Å². The molecule has 0 aliphatic carbocycles. The minimum absolute atomic E-state index is 0.0973. The van der Waals surface area contributed by atoms with E-state index in [1.807, 2.05) is 6.92 Å². The first-order valence-electron chi connectivity index (χ1n) is 3.75. The van der Waals surface area contributed by atoms with Gasteiger partial charge in [0.1, 0.15) is 5.82 Å². The van der Waals surface area contributed by atoms with Crippen LogP contribution in [-0.4, -0.2) is 9.97 Å². The van der Waals surface area contributed by atoms with Crippen molar-refractivity contribution < 1.29 is 0 Å². The zero-order chi connectivity index (χ0) is 10.9. The van der Waals surface area contributed by atoms with E-state index in [4.69, 9.17) is 40.5 Å². The summed E-state index contributed by atoms with van der Waals surface area (Å²) in [4.78, 5) is 7.97. The summed E-state index contributed by atoms with van der Waals surface area (Å²) in [6, 6.07) is 0. The van der Waals surface area contributed by atoms with E-state index < -0.39 is 3.79 Å². The molecular weight excluding hydrogens is 312 g/mol. The predicted octanol–water partition coefficient (Wildman–Crippen LogP) is 3.21. The van der Waals surface area contributed by atoms with Crippen LogP contribution in [-0.2, 0) is 10.2 Å². The molecule has 2 N–H and O–H groups in total. The van der Waals surface area contributed by atoms with Crippen LogP contribution in [0, 0.1) is 0 Å². The molecular formula is C7H7BrCl3N3. The van der Waals surface area contributed by atoms with E-state index in [0.29, 0.717) is 10.9 Å². The van der Waals surface area contributed by atoms with Crippen LogP contribution in [0.15, 0.2) is 4.47 Å². The van der Waals surface area contributed by atoms with Crippen molar-refractivity contribution in [2.45, 2.75) is 17.1 Å². The third-order valence-electron chi connectivity index (χ3n) is 1.53. The highest BCUT2D eigenvalue weighted by Crippen LogP contribution is 2.37. The molecule has 0 aliphatic heterocycles. The topological polar surface area (TPSA) is 51.8 Å². The van der Waals surface area contributed by atoms with Gasteiger partial charge in [-0.1, -0.05) is 41.7 Å². The van der Waals surface area contributed by atoms with Crippen molar-refractivity contribution in [1.29, 1.82) is 0 Å². The van der Waals surface area contributed by atoms with Crippen molar-refractivity contribution >= 4 is 56.6 Å². The van der Waals surface area contributed by atoms with Gasteiger partial charge in [0.15, 0.2) is 5.82 Å². The van der Waals surface area contributed by atoms with Crippen molar-refractivity contribution in [1.82, 2.24) is 9.97 Å². The van der Waals surface area contributed by atoms with Crippen molar-refractivity contribution in [2.75, 3.05) is 5.73 Å². The fraction of sp³-hybridized carbons (Fsp3) is 0.429. The first-order valence-corrected chi connectivity index (χ1v) is 5.68. The van der Waals surface area contributed by atoms with Crippen molar-refractivity contribution in [3.05, 3.63) is 16.0 Å². The molecule has 3 nitrogen and oxygen atoms in total. The highest BCUT2D eigenvalue weighted by molar-refractivity contribution is 9.10. The fourth-order valence-electron chi connectivity index (χ4n) is 0.874. The van der Waals surface area contributed by atoms with E-state index in [1.54, 1.807) is 0 Å². The molecule has 0 radical (unpaired) electrons. The molecule has 0 amide bonds. The molecule has 1 aromatic rings. The Hall–Kier alpha value is 0.230. The van der Waals surface area contributed by atoms with Gasteiger partial charge in [0, 0.05) is 0 Å². The van der Waals surface area contributed by atoms with E-state index in [1.165, 1.54) is 0 Å². The van der Waals surface area contributed by atoms with Crippen LogP contribution in [0.4, 0.5) is 5.82 Å². The van der Waals surface area contributed by atoms with E-state index in [9.17, 15) is 0 Å². The number of aromatic nitrogens is 2. The summed E-state index contributed by atoms with van der Waals surface area (Å²) in [5, 5.41) is 0. The van der Waals surface area contributed by atoms with Crippen molar-refractivity contribution in [3.8, 4) is 0 Å². The number of nitrogens with two attached hydrogens (primary N) is 1. The molecule has 1 rings (SSSR count). The summed E-state index contributed by atoms with van der Waals surface area (Å²) in [6.07, 6.45) is 0.682. The van der Waals surface area contributed by atoms with Gasteiger partial charge < -0.3 is 5.73 Å². The molecule has 78 valence electrons. The first kappa shape index (κ1) is 12.3. The number of hydrogen-bond acceptors (Lipinski definition) is 3. The molecule has 0 saturated heterocycles. The molecule has 14 heavy (non-hydrogen) atoms. The van der Waals surface area contributed by atoms with Crippen molar-refractivity contribution in [3.63, 3.8) is 0 Å². The summed E-state index contributed by atoms with van der Waals surface area (Å²) >= 11 is 20.2. The van der Waals surface area contributed by atoms with Gasteiger partial charge >= 0.3 is 0 Å². The highest BCUT2D eigenvalue weighted by atomic mass is 79.9. The summed E-state index contributed by atoms with van der Waals surface area (Å²) in [5.41, 5.74) is 6.34. The highest BCUT2D eigenvalue weighted by Gasteiger charge is 2.28. The molecule has 0 fully saturated rings. The lowest BCUT2D eigenvalue weighted by Gasteiger charge is -2.12. The lowest BCUT2D eigenvalue weighted by atomic mass is 10.3. The zero-order valence-corrected chi connectivity index (χ0v) is 11.0. The van der Waals surface area contributed by atoms with Crippen LogP contribution in [0.2, 0.25) is 0 Å². The third-order valence-corrected chi connectivity index (χ3v) is 2.90. The Morgan fingerprint density at radius 1 is 1.36 bits per heavy atom. The summed E-state index contributed by atoms with van der Waals surface area (Å²) in [6.45, 7) is 1.93. The maximum Gasteiger partial charge on any atom is 0.250 e. The maximum absolute atomic E-state index is 5.65. The number of alkyl halides is 3. The molecule has 0 bridgehead atoms. The Morgan fingerprint density at radius 3 is 2.36 bits per heavy atom. The SMILES string of the molecule is CCc1nc(C(Cl)(Cl)Cl)nc(N)c1Br. The number of anilines is 1. The van der Waals surface area contributed by atoms with E-state index in [0.717, 1.165) is 5.69 Å². The first-order chi connectivity index (χ1) is 6.36. The minimum atomic E-state index is -1.64. The number of nitrogens with zero attached hydrogens (tertiary/aromatic N) is 2. The summed E-state index contributed by atoms with van der Waals surface area (Å²) in [7, 11) is 0. The Labute approximate surface area is 105 Å². The van der Waals surface area contributed by atoms with Gasteiger partial charge in [-0.15, -0.1) is 0 Å². The van der Waals surface area contributed by atoms with Gasteiger partial charge in [0.2, 0.25) is 3.79 Å². The van der Waals surface area contributed by atoms with Crippen LogP contribution in [0.3, 0.4) is 0 Å². The second-order valence-electron chi connectivity index (χ2n) is 2.54. The molecule has 0 spiro atoms. The molecule has 0 aliphatic rings. The van der Waals surface area contributed by atoms with Gasteiger partial charge in [0.05, 0.1) is 10.2 Å². The lowest BCUT2D eigenvalue weighted by Crippen LogP contribution is -2.12. The second kappa shape index (κ2) is 4.39. The predicted molar refractivity (Wildman–Crippen MR) is 62.8 cm³/mol. The second-order valence-corrected chi connectivity index (χ2v) is 5.62. The van der Waals surface area contributed by atoms with Crippen LogP contribution in [0.5, 0.6) is 0 Å². The Morgan fingerprint density at radius 2 is 1.93 bits per heavy atom. The monoisotopic (exact) mass is 317 g/mol. The van der Waals surface area contributed by atoms with Gasteiger partial charge in [-0.25, -0.2) is 9.97 Å². The summed E-state index contributed by atoms with van der Waals surface area (Å²) in [5.74, 6) is 0.373. The van der Waals surface area contributed by atoms with E-state index >= 15 is 0 Å². The average molecular weight is 319 g/mol. The van der Waals surface area contributed by atoms with Gasteiger partial charge in [-0.3, -0.25) is 0 Å². The molecule has 0 saturated carbocycles. The van der Waals surface area contributed by atoms with Gasteiger partial charge in [-0.2, -0.15) is 0 Å². The van der Waals surface area contributed by atoms with Crippen molar-refractivity contribution in [2.24, 2.45) is 0 Å². The van der Waals surface area contributed by atoms with Crippen LogP contribution in [0.25, 0.3) is 0 Å². The van der Waals surface area contributed by atoms with Crippen LogP contribution >= 0.6 is 50.7 Å². The Balaban J connectivity index is 3.30. The quantitative estimate of drug-likeness (QED) is 0.809. The number of nitrogen functional groups attached to an aromatic ring is 1. The number of aryl methyl sites for hydroxylation is 1. The van der Waals surface area contributed by atoms with Crippen LogP contribution in [0.1, 0.15) is 18.4 Å². The normalized spacial score (nSPS) is 11.8. The molecule has 0 unspecified atom stereocenters. The van der Waals surface area contributed by atoms with E-state index in [2.05, 4.69) is 25.9 Å². The number of hydrogen-bond donors (Lipinski definition) is 1. The Bertz CT molecular complexity index is 351. The average Bonchev–Trinajstić information content (AvgIpc) is 2.07. The third kappa shape index (κ3) is 2.63. The summed E-state index contributed by atoms with van der Waals surface area (Å²) < 4.78 is -0.989. The molecule has 1 aromatic heterocycles. The fourth-order valence-corrected chi connectivity index (χ4v) is 1.59. The minimum Gasteiger partial charge on any atom is -0.383 e. The molecule has 0 atom stereocenters. The zero-order valence-electron chi connectivity index (χ0n) is 7.19. The van der Waals surface area contributed by atoms with Gasteiger partial charge in [0.25, 0.3) is 0 Å². The molecule has 1 heterocycles. The number of rotatable bonds is 1.